The van der Waals surface area contributed by atoms with Crippen LogP contribution in [0.5, 0.6) is 0 Å². The van der Waals surface area contributed by atoms with Crippen LogP contribution in [0.15, 0.2) is 36.8 Å². The van der Waals surface area contributed by atoms with Crippen molar-refractivity contribution in [2.24, 2.45) is 0 Å². The van der Waals surface area contributed by atoms with Gasteiger partial charge in [-0.05, 0) is 31.0 Å². The van der Waals surface area contributed by atoms with Gasteiger partial charge in [0, 0.05) is 12.4 Å². The van der Waals surface area contributed by atoms with E-state index in [2.05, 4.69) is 15.3 Å². The molecule has 2 aromatic heterocycles. The van der Waals surface area contributed by atoms with Crippen LogP contribution in [0.25, 0.3) is 0 Å². The second kappa shape index (κ2) is 6.23. The van der Waals surface area contributed by atoms with Crippen LogP contribution in [0.4, 0.5) is 4.39 Å². The number of pyridine rings is 2. The van der Waals surface area contributed by atoms with Gasteiger partial charge in [-0.1, -0.05) is 13.0 Å². The van der Waals surface area contributed by atoms with Gasteiger partial charge in [-0.2, -0.15) is 0 Å². The van der Waals surface area contributed by atoms with Gasteiger partial charge in [-0.3, -0.25) is 14.8 Å². The fourth-order valence-electron chi connectivity index (χ4n) is 1.85. The number of amides is 1. The number of halogens is 1. The molecule has 0 aliphatic heterocycles. The molecule has 1 atom stereocenters. The third-order valence-electron chi connectivity index (χ3n) is 2.97. The summed E-state index contributed by atoms with van der Waals surface area (Å²) >= 11 is 0. The van der Waals surface area contributed by atoms with Crippen molar-refractivity contribution in [2.75, 3.05) is 0 Å². The summed E-state index contributed by atoms with van der Waals surface area (Å²) in [6.07, 6.45) is 4.86. The maximum Gasteiger partial charge on any atom is 0.253 e. The van der Waals surface area contributed by atoms with Crippen molar-refractivity contribution in [2.45, 2.75) is 26.3 Å². The van der Waals surface area contributed by atoms with Gasteiger partial charge >= 0.3 is 0 Å². The van der Waals surface area contributed by atoms with Crippen molar-refractivity contribution < 1.29 is 9.18 Å². The molecule has 1 N–H and O–H groups in total. The molecule has 0 fully saturated rings. The fourth-order valence-corrected chi connectivity index (χ4v) is 1.85. The van der Waals surface area contributed by atoms with Crippen molar-refractivity contribution in [3.05, 3.63) is 59.4 Å². The zero-order valence-electron chi connectivity index (χ0n) is 11.4. The lowest BCUT2D eigenvalue weighted by Gasteiger charge is -2.16. The fraction of sp³-hybridized carbons (Fsp3) is 0.267. The summed E-state index contributed by atoms with van der Waals surface area (Å²) in [4.78, 5) is 20.0. The van der Waals surface area contributed by atoms with Crippen molar-refractivity contribution in [3.63, 3.8) is 0 Å². The summed E-state index contributed by atoms with van der Waals surface area (Å²) in [5.41, 5.74) is 2.05. The minimum absolute atomic E-state index is 0.202. The van der Waals surface area contributed by atoms with E-state index in [1.54, 1.807) is 6.20 Å². The number of nitrogens with one attached hydrogen (secondary N) is 1. The number of carbonyl (C=O) groups is 1. The van der Waals surface area contributed by atoms with E-state index in [0.29, 0.717) is 6.42 Å². The number of aryl methyl sites for hydroxylation is 1. The Morgan fingerprint density at radius 2 is 2.15 bits per heavy atom. The summed E-state index contributed by atoms with van der Waals surface area (Å²) < 4.78 is 13.1. The molecule has 1 amide bonds. The molecule has 2 rings (SSSR count). The van der Waals surface area contributed by atoms with Gasteiger partial charge in [0.1, 0.15) is 5.82 Å². The van der Waals surface area contributed by atoms with Crippen LogP contribution in [-0.2, 0) is 0 Å². The van der Waals surface area contributed by atoms with Gasteiger partial charge in [0.05, 0.1) is 23.5 Å². The molecule has 0 aliphatic rings. The van der Waals surface area contributed by atoms with Crippen LogP contribution >= 0.6 is 0 Å². The molecule has 2 aromatic rings. The lowest BCUT2D eigenvalue weighted by atomic mass is 10.1. The van der Waals surface area contributed by atoms with Crippen LogP contribution in [0, 0.1) is 12.7 Å². The highest BCUT2D eigenvalue weighted by Crippen LogP contribution is 2.15. The van der Waals surface area contributed by atoms with Crippen LogP contribution < -0.4 is 5.32 Å². The van der Waals surface area contributed by atoms with E-state index >= 15 is 0 Å². The van der Waals surface area contributed by atoms with Gasteiger partial charge in [0.15, 0.2) is 0 Å². The highest BCUT2D eigenvalue weighted by molar-refractivity contribution is 5.94. The van der Waals surface area contributed by atoms with Gasteiger partial charge in [0.2, 0.25) is 0 Å². The molecule has 0 aliphatic carbocycles. The summed E-state index contributed by atoms with van der Waals surface area (Å²) in [7, 11) is 0. The van der Waals surface area contributed by atoms with Crippen LogP contribution in [-0.4, -0.2) is 15.9 Å². The molecule has 0 bridgehead atoms. The molecule has 4 nitrogen and oxygen atoms in total. The second-order valence-corrected chi connectivity index (χ2v) is 4.59. The van der Waals surface area contributed by atoms with Gasteiger partial charge in [-0.15, -0.1) is 0 Å². The van der Waals surface area contributed by atoms with E-state index in [-0.39, 0.29) is 17.5 Å². The van der Waals surface area contributed by atoms with Gasteiger partial charge in [0.25, 0.3) is 5.91 Å². The number of rotatable bonds is 4. The maximum atomic E-state index is 13.1. The van der Waals surface area contributed by atoms with Crippen LogP contribution in [0.3, 0.4) is 0 Å². The summed E-state index contributed by atoms with van der Waals surface area (Å²) in [6, 6.07) is 4.79. The zero-order valence-corrected chi connectivity index (χ0v) is 11.4. The van der Waals surface area contributed by atoms with E-state index < -0.39 is 5.82 Å². The van der Waals surface area contributed by atoms with E-state index in [9.17, 15) is 9.18 Å². The van der Waals surface area contributed by atoms with Crippen molar-refractivity contribution >= 4 is 5.91 Å². The van der Waals surface area contributed by atoms with Crippen molar-refractivity contribution in [3.8, 4) is 0 Å². The first-order chi connectivity index (χ1) is 9.60. The molecular formula is C15H16FN3O. The summed E-state index contributed by atoms with van der Waals surface area (Å²) in [5.74, 6) is -0.884. The topological polar surface area (TPSA) is 54.9 Å². The number of aromatic nitrogens is 2. The quantitative estimate of drug-likeness (QED) is 0.932. The molecule has 0 spiro atoms. The average molecular weight is 273 g/mol. The minimum atomic E-state index is -0.529. The highest BCUT2D eigenvalue weighted by atomic mass is 19.1. The summed E-state index contributed by atoms with van der Waals surface area (Å²) in [6.45, 7) is 3.91. The largest absolute Gasteiger partial charge is 0.344 e. The molecule has 0 saturated carbocycles. The molecule has 0 radical (unpaired) electrons. The molecule has 2 heterocycles. The van der Waals surface area contributed by atoms with E-state index in [1.807, 2.05) is 26.0 Å². The third-order valence-corrected chi connectivity index (χ3v) is 2.97. The lowest BCUT2D eigenvalue weighted by Crippen LogP contribution is -2.28. The monoisotopic (exact) mass is 273 g/mol. The Morgan fingerprint density at radius 3 is 2.75 bits per heavy atom. The predicted octanol–water partition coefficient (Wildman–Crippen LogP) is 2.81. The highest BCUT2D eigenvalue weighted by Gasteiger charge is 2.15. The second-order valence-electron chi connectivity index (χ2n) is 4.59. The minimum Gasteiger partial charge on any atom is -0.344 e. The van der Waals surface area contributed by atoms with Crippen LogP contribution in [0.1, 0.15) is 41.0 Å². The first-order valence-electron chi connectivity index (χ1n) is 6.44. The maximum absolute atomic E-state index is 13.1. The SMILES string of the molecule is CCC(NC(=O)c1cncc(F)c1)c1ccc(C)cn1. The zero-order chi connectivity index (χ0) is 14.5. The molecule has 5 heteroatoms. The standard InChI is InChI=1S/C15H16FN3O/c1-3-13(14-5-4-10(2)7-18-14)19-15(20)11-6-12(16)9-17-8-11/h4-9,13H,3H2,1-2H3,(H,19,20). The van der Waals surface area contributed by atoms with Gasteiger partial charge in [-0.25, -0.2) is 4.39 Å². The van der Waals surface area contributed by atoms with Crippen molar-refractivity contribution in [1.29, 1.82) is 0 Å². The Balaban J connectivity index is 2.14. The van der Waals surface area contributed by atoms with Crippen molar-refractivity contribution in [1.82, 2.24) is 15.3 Å². The Labute approximate surface area is 117 Å². The molecule has 20 heavy (non-hydrogen) atoms. The van der Waals surface area contributed by atoms with E-state index in [4.69, 9.17) is 0 Å². The predicted molar refractivity (Wildman–Crippen MR) is 73.7 cm³/mol. The lowest BCUT2D eigenvalue weighted by molar-refractivity contribution is 0.0934. The Kier molecular flexibility index (Phi) is 4.40. The molecule has 104 valence electrons. The Morgan fingerprint density at radius 1 is 1.35 bits per heavy atom. The average Bonchev–Trinajstić information content (AvgIpc) is 2.45. The first kappa shape index (κ1) is 14.1. The van der Waals surface area contributed by atoms with Gasteiger partial charge < -0.3 is 5.32 Å². The molecular weight excluding hydrogens is 257 g/mol. The smallest absolute Gasteiger partial charge is 0.253 e. The number of carbonyl (C=O) groups excluding carboxylic acids is 1. The first-order valence-corrected chi connectivity index (χ1v) is 6.44. The molecule has 0 aromatic carbocycles. The molecule has 1 unspecified atom stereocenters. The normalized spacial score (nSPS) is 11.9. The third kappa shape index (κ3) is 3.38. The Bertz CT molecular complexity index is 598. The number of hydrogen-bond acceptors (Lipinski definition) is 3. The van der Waals surface area contributed by atoms with Crippen LogP contribution in [0.2, 0.25) is 0 Å². The number of hydrogen-bond donors (Lipinski definition) is 1. The number of nitrogens with zero attached hydrogens (tertiary/aromatic N) is 2. The van der Waals surface area contributed by atoms with E-state index in [1.165, 1.54) is 6.20 Å². The molecule has 0 saturated heterocycles. The van der Waals surface area contributed by atoms with E-state index in [0.717, 1.165) is 23.5 Å². The summed E-state index contributed by atoms with van der Waals surface area (Å²) in [5, 5.41) is 2.84. The Hall–Kier alpha value is -2.30.